The number of hydrogen-bond acceptors (Lipinski definition) is 4. The second-order valence-electron chi connectivity index (χ2n) is 15.6. The number of allylic oxidation sites excluding steroid dienone is 2. The van der Waals surface area contributed by atoms with Gasteiger partial charge >= 0.3 is 0 Å². The van der Waals surface area contributed by atoms with E-state index in [9.17, 15) is 9.59 Å². The van der Waals surface area contributed by atoms with E-state index in [4.69, 9.17) is 4.99 Å². The summed E-state index contributed by atoms with van der Waals surface area (Å²) in [7, 11) is 0. The smallest absolute Gasteiger partial charge is 0.211 e. The molecule has 0 saturated heterocycles. The topological polar surface area (TPSA) is 58.9 Å². The Hall–Kier alpha value is -1.76. The van der Waals surface area contributed by atoms with Gasteiger partial charge in [0.15, 0.2) is 0 Å². The number of hydrogen-bond donors (Lipinski definition) is 0. The lowest BCUT2D eigenvalue weighted by Gasteiger charge is -2.53. The Labute approximate surface area is 290 Å². The largest absolute Gasteiger partial charge is 0.235 e. The minimum atomic E-state index is -0.218. The molecule has 0 aromatic heterocycles. The molecule has 0 radical (unpaired) electrons. The van der Waals surface area contributed by atoms with E-state index in [0.717, 1.165) is 38.5 Å². The van der Waals surface area contributed by atoms with E-state index < -0.39 is 0 Å². The SMILES string of the molecule is CCCCCCCCCCC1C=CC2(CCCCCCCCC2N=C=O)C(/C2=C/CCCCCCCCC2N=C=O)C1CCCCC. The molecule has 4 heteroatoms. The summed E-state index contributed by atoms with van der Waals surface area (Å²) in [5.41, 5.74) is 1.19. The van der Waals surface area contributed by atoms with Crippen LogP contribution in [0.15, 0.2) is 33.8 Å². The zero-order valence-corrected chi connectivity index (χ0v) is 30.8. The normalized spacial score (nSPS) is 30.7. The lowest BCUT2D eigenvalue weighted by Crippen LogP contribution is -2.49. The van der Waals surface area contributed by atoms with Crippen molar-refractivity contribution >= 4 is 12.2 Å². The van der Waals surface area contributed by atoms with Crippen LogP contribution in [0, 0.1) is 23.2 Å². The van der Waals surface area contributed by atoms with Crippen molar-refractivity contribution in [1.82, 2.24) is 0 Å². The van der Waals surface area contributed by atoms with Crippen LogP contribution in [0.2, 0.25) is 0 Å². The van der Waals surface area contributed by atoms with Gasteiger partial charge in [-0.15, -0.1) is 0 Å². The third kappa shape index (κ3) is 13.2. The van der Waals surface area contributed by atoms with Gasteiger partial charge in [0.25, 0.3) is 0 Å². The van der Waals surface area contributed by atoms with Gasteiger partial charge in [0.05, 0.1) is 12.1 Å². The summed E-state index contributed by atoms with van der Waals surface area (Å²) < 4.78 is 0. The van der Waals surface area contributed by atoms with Gasteiger partial charge in [-0.2, -0.15) is 4.99 Å². The molecule has 3 aliphatic rings. The van der Waals surface area contributed by atoms with E-state index in [1.54, 1.807) is 0 Å². The molecule has 3 aliphatic carbocycles. The van der Waals surface area contributed by atoms with Crippen LogP contribution >= 0.6 is 0 Å². The van der Waals surface area contributed by atoms with Crippen LogP contribution in [0.4, 0.5) is 0 Å². The molecule has 0 bridgehead atoms. The lowest BCUT2D eigenvalue weighted by molar-refractivity contribution is 0.0726. The molecule has 0 aromatic carbocycles. The molecule has 6 atom stereocenters. The van der Waals surface area contributed by atoms with Crippen molar-refractivity contribution in [2.75, 3.05) is 0 Å². The molecule has 4 nitrogen and oxygen atoms in total. The van der Waals surface area contributed by atoms with E-state index in [-0.39, 0.29) is 23.4 Å². The minimum Gasteiger partial charge on any atom is -0.211 e. The minimum absolute atomic E-state index is 0.0583. The van der Waals surface area contributed by atoms with Gasteiger partial charge in [0.2, 0.25) is 12.2 Å². The molecule has 1 spiro atoms. The van der Waals surface area contributed by atoms with Crippen molar-refractivity contribution in [3.8, 4) is 0 Å². The van der Waals surface area contributed by atoms with Crippen LogP contribution in [0.3, 0.4) is 0 Å². The summed E-state index contributed by atoms with van der Waals surface area (Å²) in [6, 6.07) is -0.162. The van der Waals surface area contributed by atoms with Crippen LogP contribution in [-0.2, 0) is 9.59 Å². The Bertz CT molecular complexity index is 990. The van der Waals surface area contributed by atoms with E-state index >= 15 is 0 Å². The van der Waals surface area contributed by atoms with Crippen LogP contribution in [0.25, 0.3) is 0 Å². The Kier molecular flexibility index (Phi) is 20.6. The predicted octanol–water partition coefficient (Wildman–Crippen LogP) is 13.1. The number of aliphatic imine (C=N–C) groups is 2. The Morgan fingerprint density at radius 1 is 0.660 bits per heavy atom. The molecular formula is C43H72N2O2. The van der Waals surface area contributed by atoms with Crippen LogP contribution < -0.4 is 0 Å². The van der Waals surface area contributed by atoms with Crippen molar-refractivity contribution in [2.24, 2.45) is 33.2 Å². The predicted molar refractivity (Wildman–Crippen MR) is 199 cm³/mol. The van der Waals surface area contributed by atoms with Gasteiger partial charge in [-0.1, -0.05) is 173 Å². The van der Waals surface area contributed by atoms with Gasteiger partial charge in [-0.05, 0) is 68.3 Å². The fourth-order valence-corrected chi connectivity index (χ4v) is 9.60. The maximum Gasteiger partial charge on any atom is 0.235 e. The third-order valence-corrected chi connectivity index (χ3v) is 12.2. The van der Waals surface area contributed by atoms with Crippen LogP contribution in [0.1, 0.15) is 200 Å². The highest BCUT2D eigenvalue weighted by Crippen LogP contribution is 2.57. The zero-order chi connectivity index (χ0) is 33.4. The molecular weight excluding hydrogens is 576 g/mol. The maximum absolute atomic E-state index is 12.2. The van der Waals surface area contributed by atoms with Crippen LogP contribution in [0.5, 0.6) is 0 Å². The van der Waals surface area contributed by atoms with Gasteiger partial charge in [0.1, 0.15) is 0 Å². The molecule has 47 heavy (non-hydrogen) atoms. The van der Waals surface area contributed by atoms with Crippen molar-refractivity contribution in [1.29, 1.82) is 0 Å². The molecule has 0 amide bonds. The first kappa shape index (κ1) is 39.7. The second kappa shape index (κ2) is 24.4. The van der Waals surface area contributed by atoms with Gasteiger partial charge in [-0.3, -0.25) is 0 Å². The third-order valence-electron chi connectivity index (χ3n) is 12.2. The fraction of sp³-hybridized carbons (Fsp3) is 0.860. The first-order valence-corrected chi connectivity index (χ1v) is 20.7. The average Bonchev–Trinajstić information content (AvgIpc) is 3.13. The highest BCUT2D eigenvalue weighted by atomic mass is 16.1. The monoisotopic (exact) mass is 649 g/mol. The van der Waals surface area contributed by atoms with Crippen molar-refractivity contribution in [2.45, 2.75) is 212 Å². The molecule has 6 unspecified atom stereocenters. The van der Waals surface area contributed by atoms with Gasteiger partial charge in [-0.25, -0.2) is 14.6 Å². The number of unbranched alkanes of at least 4 members (excludes halogenated alkanes) is 9. The maximum atomic E-state index is 12.2. The summed E-state index contributed by atoms with van der Waals surface area (Å²) in [6.45, 7) is 4.61. The second-order valence-corrected chi connectivity index (χ2v) is 15.6. The van der Waals surface area contributed by atoms with Crippen molar-refractivity contribution < 1.29 is 9.59 Å². The molecule has 0 N–H and O–H groups in total. The Morgan fingerprint density at radius 2 is 1.23 bits per heavy atom. The average molecular weight is 649 g/mol. The summed E-state index contributed by atoms with van der Waals surface area (Å²) in [5.74, 6) is 1.27. The van der Waals surface area contributed by atoms with E-state index in [1.165, 1.54) is 153 Å². The van der Waals surface area contributed by atoms with Crippen molar-refractivity contribution in [3.05, 3.63) is 23.8 Å². The molecule has 266 valence electrons. The summed E-state index contributed by atoms with van der Waals surface area (Å²) in [5, 5.41) is 0. The Morgan fingerprint density at radius 3 is 1.94 bits per heavy atom. The number of carbonyl (C=O) groups excluding carboxylic acids is 2. The van der Waals surface area contributed by atoms with Crippen LogP contribution in [-0.4, -0.2) is 24.2 Å². The molecule has 1 saturated carbocycles. The Balaban J connectivity index is 2.09. The highest BCUT2D eigenvalue weighted by Gasteiger charge is 2.52. The molecule has 0 heterocycles. The number of rotatable bonds is 16. The molecule has 0 aliphatic heterocycles. The van der Waals surface area contributed by atoms with E-state index in [0.29, 0.717) is 11.8 Å². The first-order valence-electron chi connectivity index (χ1n) is 20.7. The van der Waals surface area contributed by atoms with Gasteiger partial charge < -0.3 is 0 Å². The van der Waals surface area contributed by atoms with Gasteiger partial charge in [0, 0.05) is 5.41 Å². The number of nitrogens with zero attached hydrogens (tertiary/aromatic N) is 2. The summed E-state index contributed by atoms with van der Waals surface area (Å²) >= 11 is 0. The van der Waals surface area contributed by atoms with E-state index in [2.05, 4.69) is 43.1 Å². The first-order chi connectivity index (χ1) is 23.2. The molecule has 3 rings (SSSR count). The molecule has 1 fully saturated rings. The van der Waals surface area contributed by atoms with E-state index in [1.807, 2.05) is 6.08 Å². The molecule has 0 aromatic rings. The standard InChI is InChI=1S/C43H72N2O2/c1-3-5-7-8-9-11-16-22-27-37-32-34-43(33-26-20-15-14-19-25-31-41(43)45-36-47)42(38(37)28-21-6-4-2)39-29-23-17-12-10-13-18-24-30-40(39)44-35-46/h29,32,34,37-38,40-42H,3-28,30-31,33H2,1-2H3/b39-29+. The zero-order valence-electron chi connectivity index (χ0n) is 30.8. The summed E-state index contributed by atoms with van der Waals surface area (Å²) in [4.78, 5) is 33.6. The highest BCUT2D eigenvalue weighted by molar-refractivity contribution is 5.39. The van der Waals surface area contributed by atoms with Crippen molar-refractivity contribution in [3.63, 3.8) is 0 Å². The number of isocyanates is 2. The quantitative estimate of drug-likeness (QED) is 0.0723. The lowest BCUT2D eigenvalue weighted by atomic mass is 9.52. The summed E-state index contributed by atoms with van der Waals surface area (Å²) in [6.07, 6.45) is 47.6. The fourth-order valence-electron chi connectivity index (χ4n) is 9.60.